The summed E-state index contributed by atoms with van der Waals surface area (Å²) in [6.45, 7) is 4.16. The Labute approximate surface area is 169 Å². The summed E-state index contributed by atoms with van der Waals surface area (Å²) in [5, 5.41) is 16.0. The zero-order valence-electron chi connectivity index (χ0n) is 16.5. The van der Waals surface area contributed by atoms with Gasteiger partial charge in [-0.2, -0.15) is 0 Å². The molecule has 0 saturated heterocycles. The van der Waals surface area contributed by atoms with Crippen LogP contribution in [-0.4, -0.2) is 29.1 Å². The normalized spacial score (nSPS) is 10.5. The van der Waals surface area contributed by atoms with Crippen molar-refractivity contribution in [3.63, 3.8) is 0 Å². The number of rotatable bonds is 7. The predicted molar refractivity (Wildman–Crippen MR) is 112 cm³/mol. The number of amides is 1. The number of methoxy groups -OCH3 is 1. The van der Waals surface area contributed by atoms with E-state index in [1.54, 1.807) is 24.3 Å². The first-order valence-electron chi connectivity index (χ1n) is 9.14. The highest BCUT2D eigenvalue weighted by atomic mass is 16.5. The lowest BCUT2D eigenvalue weighted by molar-refractivity contribution is 0.101. The Hall–Kier alpha value is -3.74. The average Bonchev–Trinajstić information content (AvgIpc) is 2.70. The molecule has 0 atom stereocenters. The smallest absolute Gasteiger partial charge is 0.278 e. The average molecular weight is 393 g/mol. The molecule has 0 aliphatic heterocycles. The first kappa shape index (κ1) is 20.0. The Morgan fingerprint density at radius 2 is 1.55 bits per heavy atom. The summed E-state index contributed by atoms with van der Waals surface area (Å²) in [6.07, 6.45) is 1.40. The largest absolute Gasteiger partial charge is 0.503 e. The molecule has 1 aromatic heterocycles. The van der Waals surface area contributed by atoms with Crippen molar-refractivity contribution in [2.75, 3.05) is 17.7 Å². The van der Waals surface area contributed by atoms with E-state index in [9.17, 15) is 9.90 Å². The van der Waals surface area contributed by atoms with Gasteiger partial charge < -0.3 is 25.2 Å². The molecule has 3 N–H and O–H groups in total. The molecule has 0 aliphatic rings. The molecule has 0 fully saturated rings. The first-order chi connectivity index (χ1) is 14.0. The van der Waals surface area contributed by atoms with Crippen molar-refractivity contribution in [3.05, 3.63) is 66.5 Å². The molecule has 0 unspecified atom stereocenters. The minimum absolute atomic E-state index is 0.111. The molecule has 3 aromatic rings. The highest BCUT2D eigenvalue weighted by Crippen LogP contribution is 2.29. The van der Waals surface area contributed by atoms with Crippen LogP contribution in [0, 0.1) is 0 Å². The molecule has 0 bridgehead atoms. The topological polar surface area (TPSA) is 92.7 Å². The number of nitrogens with zero attached hydrogens (tertiary/aromatic N) is 1. The number of nitrogens with one attached hydrogen (secondary N) is 2. The predicted octanol–water partition coefficient (Wildman–Crippen LogP) is 4.66. The van der Waals surface area contributed by atoms with Crippen LogP contribution in [0.15, 0.2) is 60.8 Å². The van der Waals surface area contributed by atoms with Gasteiger partial charge in [0.15, 0.2) is 17.2 Å². The number of aromatic hydroxyl groups is 1. The monoisotopic (exact) mass is 393 g/mol. The molecule has 150 valence electrons. The zero-order chi connectivity index (χ0) is 20.8. The second kappa shape index (κ2) is 8.97. The van der Waals surface area contributed by atoms with Gasteiger partial charge in [-0.05, 0) is 62.4 Å². The number of carbonyl (C=O) groups excluding carboxylic acids is 1. The number of carbonyl (C=O) groups is 1. The molecule has 3 rings (SSSR count). The van der Waals surface area contributed by atoms with Gasteiger partial charge in [0.2, 0.25) is 0 Å². The maximum Gasteiger partial charge on any atom is 0.278 e. The van der Waals surface area contributed by atoms with Crippen molar-refractivity contribution < 1.29 is 19.4 Å². The van der Waals surface area contributed by atoms with Crippen LogP contribution in [0.25, 0.3) is 0 Å². The number of anilines is 2. The minimum atomic E-state index is -0.539. The van der Waals surface area contributed by atoms with Gasteiger partial charge in [-0.1, -0.05) is 0 Å². The number of hydrogen-bond acceptors (Lipinski definition) is 6. The van der Waals surface area contributed by atoms with E-state index in [1.165, 1.54) is 19.4 Å². The second-order valence-electron chi connectivity index (χ2n) is 6.61. The van der Waals surface area contributed by atoms with E-state index in [0.717, 1.165) is 5.69 Å². The number of pyridine rings is 1. The van der Waals surface area contributed by atoms with E-state index >= 15 is 0 Å². The fourth-order valence-electron chi connectivity index (χ4n) is 2.65. The third kappa shape index (κ3) is 5.16. The lowest BCUT2D eigenvalue weighted by atomic mass is 10.2. The van der Waals surface area contributed by atoms with Crippen LogP contribution in [-0.2, 0) is 0 Å². The maximum absolute atomic E-state index is 12.4. The molecule has 1 heterocycles. The van der Waals surface area contributed by atoms with E-state index in [4.69, 9.17) is 9.47 Å². The first-order valence-corrected chi connectivity index (χ1v) is 9.14. The number of benzene rings is 2. The summed E-state index contributed by atoms with van der Waals surface area (Å²) in [4.78, 5) is 16.3. The van der Waals surface area contributed by atoms with E-state index in [0.29, 0.717) is 23.2 Å². The van der Waals surface area contributed by atoms with E-state index in [1.807, 2.05) is 24.3 Å². The van der Waals surface area contributed by atoms with Crippen LogP contribution in [0.1, 0.15) is 24.3 Å². The zero-order valence-corrected chi connectivity index (χ0v) is 16.5. The summed E-state index contributed by atoms with van der Waals surface area (Å²) >= 11 is 0. The molecular weight excluding hydrogens is 370 g/mol. The SMILES string of the molecule is COc1ccnc(C(=O)Nc2ccc(Oc3ccc(NC(C)C)cc3)cc2)c1O. The fourth-order valence-corrected chi connectivity index (χ4v) is 2.65. The Kier molecular flexibility index (Phi) is 6.19. The Balaban J connectivity index is 1.64. The third-order valence-corrected chi connectivity index (χ3v) is 3.98. The second-order valence-corrected chi connectivity index (χ2v) is 6.61. The fraction of sp³-hybridized carbons (Fsp3) is 0.182. The van der Waals surface area contributed by atoms with Crippen LogP contribution < -0.4 is 20.1 Å². The highest BCUT2D eigenvalue weighted by Gasteiger charge is 2.16. The van der Waals surface area contributed by atoms with E-state index in [2.05, 4.69) is 29.5 Å². The third-order valence-electron chi connectivity index (χ3n) is 3.98. The number of hydrogen-bond donors (Lipinski definition) is 3. The summed E-state index contributed by atoms with van der Waals surface area (Å²) in [6, 6.07) is 16.4. The molecule has 0 spiro atoms. The van der Waals surface area contributed by atoms with E-state index < -0.39 is 5.91 Å². The maximum atomic E-state index is 12.4. The standard InChI is InChI=1S/C22H23N3O4/c1-14(2)24-15-4-8-17(9-5-15)29-18-10-6-16(7-11-18)25-22(27)20-21(26)19(28-3)12-13-23-20/h4-14,24,26H,1-3H3,(H,25,27). The lowest BCUT2D eigenvalue weighted by Gasteiger charge is -2.11. The molecule has 0 aliphatic carbocycles. The van der Waals surface area contributed by atoms with Gasteiger partial charge in [0.25, 0.3) is 5.91 Å². The minimum Gasteiger partial charge on any atom is -0.503 e. The summed E-state index contributed by atoms with van der Waals surface area (Å²) in [5.41, 5.74) is 1.46. The molecule has 1 amide bonds. The Bertz CT molecular complexity index is 970. The van der Waals surface area contributed by atoms with Gasteiger partial charge in [0, 0.05) is 29.7 Å². The molecule has 7 nitrogen and oxygen atoms in total. The van der Waals surface area contributed by atoms with Gasteiger partial charge in [-0.25, -0.2) is 4.98 Å². The molecule has 7 heteroatoms. The molecule has 29 heavy (non-hydrogen) atoms. The quantitative estimate of drug-likeness (QED) is 0.541. The summed E-state index contributed by atoms with van der Waals surface area (Å²) in [5.74, 6) is 0.686. The van der Waals surface area contributed by atoms with Gasteiger partial charge in [0.05, 0.1) is 7.11 Å². The van der Waals surface area contributed by atoms with Crippen LogP contribution in [0.5, 0.6) is 23.0 Å². The van der Waals surface area contributed by atoms with Gasteiger partial charge in [-0.15, -0.1) is 0 Å². The summed E-state index contributed by atoms with van der Waals surface area (Å²) < 4.78 is 10.8. The molecule has 0 saturated carbocycles. The van der Waals surface area contributed by atoms with Crippen molar-refractivity contribution in [1.29, 1.82) is 0 Å². The lowest BCUT2D eigenvalue weighted by Crippen LogP contribution is -2.14. The van der Waals surface area contributed by atoms with E-state index in [-0.39, 0.29) is 17.2 Å². The molecular formula is C22H23N3O4. The van der Waals surface area contributed by atoms with Crippen LogP contribution in [0.2, 0.25) is 0 Å². The molecule has 0 radical (unpaired) electrons. The van der Waals surface area contributed by atoms with Crippen molar-refractivity contribution >= 4 is 17.3 Å². The van der Waals surface area contributed by atoms with Crippen molar-refractivity contribution in [2.45, 2.75) is 19.9 Å². The van der Waals surface area contributed by atoms with Crippen LogP contribution in [0.4, 0.5) is 11.4 Å². The summed E-state index contributed by atoms with van der Waals surface area (Å²) in [7, 11) is 1.41. The Morgan fingerprint density at radius 1 is 0.966 bits per heavy atom. The highest BCUT2D eigenvalue weighted by molar-refractivity contribution is 6.05. The van der Waals surface area contributed by atoms with Crippen LogP contribution >= 0.6 is 0 Å². The van der Waals surface area contributed by atoms with Gasteiger partial charge >= 0.3 is 0 Å². The van der Waals surface area contributed by atoms with Crippen LogP contribution in [0.3, 0.4) is 0 Å². The molecule has 2 aromatic carbocycles. The van der Waals surface area contributed by atoms with Gasteiger partial charge in [0.1, 0.15) is 11.5 Å². The number of ether oxygens (including phenoxy) is 2. The van der Waals surface area contributed by atoms with Gasteiger partial charge in [-0.3, -0.25) is 4.79 Å². The van der Waals surface area contributed by atoms with Crippen molar-refractivity contribution in [3.8, 4) is 23.0 Å². The van der Waals surface area contributed by atoms with Crippen molar-refractivity contribution in [1.82, 2.24) is 4.98 Å². The Morgan fingerprint density at radius 3 is 2.10 bits per heavy atom. The number of aromatic nitrogens is 1. The van der Waals surface area contributed by atoms with Crippen molar-refractivity contribution in [2.24, 2.45) is 0 Å².